The van der Waals surface area contributed by atoms with Gasteiger partial charge in [-0.2, -0.15) is 0 Å². The predicted molar refractivity (Wildman–Crippen MR) is 74.3 cm³/mol. The van der Waals surface area contributed by atoms with Crippen molar-refractivity contribution in [3.63, 3.8) is 0 Å². The van der Waals surface area contributed by atoms with Gasteiger partial charge in [0, 0.05) is 40.1 Å². The van der Waals surface area contributed by atoms with Crippen molar-refractivity contribution in [2.45, 2.75) is 24.8 Å². The minimum absolute atomic E-state index is 0.0760. The molecule has 19 heavy (non-hydrogen) atoms. The van der Waals surface area contributed by atoms with Crippen LogP contribution < -0.4 is 10.5 Å². The molecule has 0 bridgehead atoms. The number of nitrogen functional groups attached to an aromatic ring is 1. The number of sulfonamides is 1. The zero-order chi connectivity index (χ0) is 14.8. The zero-order valence-electron chi connectivity index (χ0n) is 10.9. The molecule has 0 aliphatic carbocycles. The molecule has 108 valence electrons. The molecule has 0 aliphatic rings. The van der Waals surface area contributed by atoms with Crippen molar-refractivity contribution in [3.05, 3.63) is 23.5 Å². The quantitative estimate of drug-likeness (QED) is 0.786. The Hall–Kier alpha value is -0.990. The molecule has 3 N–H and O–H groups in total. The summed E-state index contributed by atoms with van der Waals surface area (Å²) in [6.07, 6.45) is 1.48. The maximum Gasteiger partial charge on any atom is 0.241 e. The van der Waals surface area contributed by atoms with Crippen molar-refractivity contribution in [2.75, 3.05) is 17.7 Å². The lowest BCUT2D eigenvalue weighted by molar-refractivity contribution is 0.566. The van der Waals surface area contributed by atoms with Crippen molar-refractivity contribution >= 4 is 26.5 Å². The number of nitrogens with one attached hydrogen (secondary N) is 1. The van der Waals surface area contributed by atoms with E-state index in [1.807, 2.05) is 0 Å². The van der Waals surface area contributed by atoms with Gasteiger partial charge >= 0.3 is 0 Å². The number of benzene rings is 1. The van der Waals surface area contributed by atoms with E-state index in [1.54, 1.807) is 6.92 Å². The van der Waals surface area contributed by atoms with E-state index >= 15 is 0 Å². The van der Waals surface area contributed by atoms with Gasteiger partial charge in [0.25, 0.3) is 0 Å². The molecule has 0 saturated carbocycles. The number of rotatable bonds is 5. The van der Waals surface area contributed by atoms with E-state index in [2.05, 4.69) is 4.72 Å². The maximum atomic E-state index is 13.5. The fraction of sp³-hybridized carbons (Fsp3) is 0.455. The van der Waals surface area contributed by atoms with Crippen LogP contribution in [0.2, 0.25) is 0 Å². The molecule has 1 aromatic carbocycles. The second-order valence-electron chi connectivity index (χ2n) is 4.38. The van der Waals surface area contributed by atoms with Crippen LogP contribution >= 0.6 is 0 Å². The molecular formula is C11H17FN2O3S2. The summed E-state index contributed by atoms with van der Waals surface area (Å²) in [7, 11) is -5.00. The van der Waals surface area contributed by atoms with E-state index in [9.17, 15) is 17.0 Å². The molecule has 0 heterocycles. The van der Waals surface area contributed by atoms with Crippen LogP contribution in [0.3, 0.4) is 0 Å². The molecule has 8 heteroatoms. The van der Waals surface area contributed by atoms with Gasteiger partial charge in [-0.1, -0.05) is 0 Å². The largest absolute Gasteiger partial charge is 0.398 e. The van der Waals surface area contributed by atoms with Crippen molar-refractivity contribution in [1.82, 2.24) is 4.72 Å². The first-order valence-electron chi connectivity index (χ1n) is 5.51. The van der Waals surface area contributed by atoms with Crippen LogP contribution in [-0.4, -0.2) is 30.7 Å². The van der Waals surface area contributed by atoms with Crippen molar-refractivity contribution < 1.29 is 17.0 Å². The lowest BCUT2D eigenvalue weighted by atomic mass is 10.2. The molecule has 1 aromatic rings. The molecule has 0 saturated heterocycles. The van der Waals surface area contributed by atoms with Gasteiger partial charge in [-0.3, -0.25) is 4.21 Å². The average Bonchev–Trinajstić information content (AvgIpc) is 2.22. The topological polar surface area (TPSA) is 89.3 Å². The van der Waals surface area contributed by atoms with Gasteiger partial charge in [-0.05, 0) is 26.0 Å². The molecule has 5 nitrogen and oxygen atoms in total. The number of nitrogens with two attached hydrogens (primary N) is 1. The Morgan fingerprint density at radius 3 is 2.53 bits per heavy atom. The van der Waals surface area contributed by atoms with Crippen LogP contribution in [0.25, 0.3) is 0 Å². The van der Waals surface area contributed by atoms with E-state index < -0.39 is 32.7 Å². The normalized spacial score (nSPS) is 15.2. The highest BCUT2D eigenvalue weighted by atomic mass is 32.2. The summed E-state index contributed by atoms with van der Waals surface area (Å²) < 4.78 is 50.9. The predicted octanol–water partition coefficient (Wildman–Crippen LogP) is 0.762. The number of hydrogen-bond donors (Lipinski definition) is 2. The highest BCUT2D eigenvalue weighted by molar-refractivity contribution is 7.89. The minimum atomic E-state index is -3.87. The van der Waals surface area contributed by atoms with Crippen molar-refractivity contribution in [3.8, 4) is 0 Å². The molecule has 0 amide bonds. The lowest BCUT2D eigenvalue weighted by Gasteiger charge is -2.14. The van der Waals surface area contributed by atoms with Crippen molar-refractivity contribution in [2.24, 2.45) is 0 Å². The van der Waals surface area contributed by atoms with E-state index in [0.29, 0.717) is 0 Å². The zero-order valence-corrected chi connectivity index (χ0v) is 12.6. The standard InChI is InChI=1S/C11H17FN2O3S2/c1-7(6-18(3)15)14-19(16,17)9-4-10(12)8(2)11(13)5-9/h4-5,7,14H,6,13H2,1-3H3. The van der Waals surface area contributed by atoms with E-state index in [0.717, 1.165) is 6.07 Å². The smallest absolute Gasteiger partial charge is 0.241 e. The number of anilines is 1. The fourth-order valence-corrected chi connectivity index (χ4v) is 3.73. The highest BCUT2D eigenvalue weighted by Crippen LogP contribution is 2.21. The average molecular weight is 308 g/mol. The van der Waals surface area contributed by atoms with Gasteiger partial charge < -0.3 is 5.73 Å². The third-order valence-corrected chi connectivity index (χ3v) is 5.05. The van der Waals surface area contributed by atoms with Crippen LogP contribution in [0.15, 0.2) is 17.0 Å². The van der Waals surface area contributed by atoms with Crippen LogP contribution in [0.4, 0.5) is 10.1 Å². The summed E-state index contributed by atoms with van der Waals surface area (Å²) in [6, 6.07) is 1.61. The molecule has 0 aliphatic heterocycles. The Morgan fingerprint density at radius 1 is 1.47 bits per heavy atom. The summed E-state index contributed by atoms with van der Waals surface area (Å²) >= 11 is 0. The summed E-state index contributed by atoms with van der Waals surface area (Å²) in [5.74, 6) is -0.490. The van der Waals surface area contributed by atoms with Crippen LogP contribution in [-0.2, 0) is 20.8 Å². The molecule has 0 aromatic heterocycles. The van der Waals surface area contributed by atoms with Crippen LogP contribution in [0, 0.1) is 12.7 Å². The molecule has 2 atom stereocenters. The first-order valence-corrected chi connectivity index (χ1v) is 8.72. The molecule has 1 rings (SSSR count). The minimum Gasteiger partial charge on any atom is -0.398 e. The number of hydrogen-bond acceptors (Lipinski definition) is 4. The van der Waals surface area contributed by atoms with Crippen molar-refractivity contribution in [1.29, 1.82) is 0 Å². The lowest BCUT2D eigenvalue weighted by Crippen LogP contribution is -2.36. The third-order valence-electron chi connectivity index (χ3n) is 2.51. The Kier molecular flexibility index (Phi) is 5.05. The van der Waals surface area contributed by atoms with Gasteiger partial charge in [0.15, 0.2) is 0 Å². The molecule has 2 unspecified atom stereocenters. The van der Waals surface area contributed by atoms with Gasteiger partial charge in [0.1, 0.15) is 5.82 Å². The summed E-state index contributed by atoms with van der Waals surface area (Å²) in [6.45, 7) is 3.06. The summed E-state index contributed by atoms with van der Waals surface area (Å²) in [5.41, 5.74) is 5.83. The Labute approximate surface area is 114 Å². The van der Waals surface area contributed by atoms with Gasteiger partial charge in [0.2, 0.25) is 10.0 Å². The second kappa shape index (κ2) is 5.98. The fourth-order valence-electron chi connectivity index (χ4n) is 1.55. The van der Waals surface area contributed by atoms with Crippen LogP contribution in [0.1, 0.15) is 12.5 Å². The summed E-state index contributed by atoms with van der Waals surface area (Å²) in [5, 5.41) is 0. The van der Waals surface area contributed by atoms with Crippen LogP contribution in [0.5, 0.6) is 0 Å². The Morgan fingerprint density at radius 2 is 2.05 bits per heavy atom. The molecule has 0 fully saturated rings. The van der Waals surface area contributed by atoms with Gasteiger partial charge in [-0.25, -0.2) is 17.5 Å². The van der Waals surface area contributed by atoms with Gasteiger partial charge in [0.05, 0.1) is 4.90 Å². The van der Waals surface area contributed by atoms with E-state index in [4.69, 9.17) is 5.73 Å². The second-order valence-corrected chi connectivity index (χ2v) is 7.58. The first-order chi connectivity index (χ1) is 8.63. The van der Waals surface area contributed by atoms with E-state index in [-0.39, 0.29) is 21.9 Å². The van der Waals surface area contributed by atoms with E-state index in [1.165, 1.54) is 19.2 Å². The third kappa shape index (κ3) is 4.26. The Bertz CT molecular complexity index is 579. The SMILES string of the molecule is Cc1c(N)cc(S(=O)(=O)NC(C)CS(C)=O)cc1F. The Balaban J connectivity index is 3.04. The first kappa shape index (κ1) is 16.1. The monoisotopic (exact) mass is 308 g/mol. The molecular weight excluding hydrogens is 291 g/mol. The number of halogens is 1. The highest BCUT2D eigenvalue weighted by Gasteiger charge is 2.20. The van der Waals surface area contributed by atoms with Gasteiger partial charge in [-0.15, -0.1) is 0 Å². The molecule has 0 spiro atoms. The summed E-state index contributed by atoms with van der Waals surface area (Å²) in [4.78, 5) is -0.234. The maximum absolute atomic E-state index is 13.5. The molecule has 0 radical (unpaired) electrons.